The maximum Gasteiger partial charge on any atom is 0.303 e. The van der Waals surface area contributed by atoms with Crippen LogP contribution in [-0.4, -0.2) is 23.0 Å². The van der Waals surface area contributed by atoms with Gasteiger partial charge in [0.05, 0.1) is 5.56 Å². The fourth-order valence-corrected chi connectivity index (χ4v) is 7.03. The average molecular weight is 504 g/mol. The summed E-state index contributed by atoms with van der Waals surface area (Å²) in [6.45, 7) is 4.70. The van der Waals surface area contributed by atoms with Crippen molar-refractivity contribution in [3.8, 4) is 0 Å². The van der Waals surface area contributed by atoms with Crippen molar-refractivity contribution >= 4 is 49.2 Å². The van der Waals surface area contributed by atoms with Crippen LogP contribution in [0.3, 0.4) is 0 Å². The summed E-state index contributed by atoms with van der Waals surface area (Å²) < 4.78 is 2.15. The van der Waals surface area contributed by atoms with E-state index in [0.29, 0.717) is 18.3 Å². The van der Waals surface area contributed by atoms with E-state index in [2.05, 4.69) is 53.3 Å². The van der Waals surface area contributed by atoms with E-state index in [1.807, 2.05) is 17.5 Å². The molecule has 5 rings (SSSR count). The molecule has 0 spiro atoms. The van der Waals surface area contributed by atoms with Gasteiger partial charge in [-0.05, 0) is 67.4 Å². The van der Waals surface area contributed by atoms with Crippen molar-refractivity contribution in [1.29, 1.82) is 0 Å². The van der Waals surface area contributed by atoms with E-state index in [0.717, 1.165) is 45.3 Å². The minimum Gasteiger partial charge on any atom is -0.481 e. The van der Waals surface area contributed by atoms with Gasteiger partial charge >= 0.3 is 5.97 Å². The van der Waals surface area contributed by atoms with E-state index in [-0.39, 0.29) is 23.8 Å². The summed E-state index contributed by atoms with van der Waals surface area (Å²) in [7, 11) is 0. The maximum atomic E-state index is 13.3. The number of amides is 1. The predicted molar refractivity (Wildman–Crippen MR) is 130 cm³/mol. The standard InChI is InChI=1S/C25H30BrNO3S/c1-25(2)16-11-15(7-5-3-4-6-8-22(28)29)23(20(25)12-16)27-24(30)19-14-31-21-13-17(26)9-10-18(19)21/h3,5,9-10,13-16,20,23H,4,6-8,11-12H2,1-2H3,(H,27,30)(H,28,29)/b5-3-/t15-,16-,20-,23-/m1/s1. The third-order valence-corrected chi connectivity index (χ3v) is 8.96. The molecule has 1 heterocycles. The largest absolute Gasteiger partial charge is 0.481 e. The van der Waals surface area contributed by atoms with Gasteiger partial charge in [-0.1, -0.05) is 48.0 Å². The Morgan fingerprint density at radius 3 is 2.84 bits per heavy atom. The smallest absolute Gasteiger partial charge is 0.303 e. The van der Waals surface area contributed by atoms with Gasteiger partial charge in [0.15, 0.2) is 0 Å². The lowest BCUT2D eigenvalue weighted by Crippen LogP contribution is -2.63. The van der Waals surface area contributed by atoms with Gasteiger partial charge in [0, 0.05) is 32.4 Å². The molecule has 6 heteroatoms. The zero-order valence-electron chi connectivity index (χ0n) is 18.1. The lowest BCUT2D eigenvalue weighted by atomic mass is 9.44. The van der Waals surface area contributed by atoms with Gasteiger partial charge in [0.1, 0.15) is 0 Å². The summed E-state index contributed by atoms with van der Waals surface area (Å²) in [4.78, 5) is 23.9. The van der Waals surface area contributed by atoms with E-state index in [4.69, 9.17) is 5.11 Å². The number of nitrogens with one attached hydrogen (secondary N) is 1. The molecule has 2 bridgehead atoms. The molecule has 3 aliphatic carbocycles. The highest BCUT2D eigenvalue weighted by atomic mass is 79.9. The maximum absolute atomic E-state index is 13.3. The fourth-order valence-electron chi connectivity index (χ4n) is 5.53. The third kappa shape index (κ3) is 4.61. The molecule has 2 aromatic rings. The third-order valence-electron chi connectivity index (χ3n) is 7.52. The first-order chi connectivity index (χ1) is 14.8. The van der Waals surface area contributed by atoms with Crippen LogP contribution in [0.15, 0.2) is 40.2 Å². The highest BCUT2D eigenvalue weighted by Crippen LogP contribution is 2.61. The molecular weight excluding hydrogens is 474 g/mol. The predicted octanol–water partition coefficient (Wildman–Crippen LogP) is 6.65. The van der Waals surface area contributed by atoms with Crippen LogP contribution in [0.25, 0.3) is 10.1 Å². The van der Waals surface area contributed by atoms with Gasteiger partial charge < -0.3 is 10.4 Å². The Morgan fingerprint density at radius 1 is 1.29 bits per heavy atom. The highest BCUT2D eigenvalue weighted by molar-refractivity contribution is 9.10. The lowest BCUT2D eigenvalue weighted by molar-refractivity contribution is -0.137. The van der Waals surface area contributed by atoms with Crippen molar-refractivity contribution in [1.82, 2.24) is 5.32 Å². The fraction of sp³-hybridized carbons (Fsp3) is 0.520. The van der Waals surface area contributed by atoms with E-state index >= 15 is 0 Å². The van der Waals surface area contributed by atoms with Crippen LogP contribution >= 0.6 is 27.3 Å². The number of allylic oxidation sites excluding steroid dienone is 2. The summed E-state index contributed by atoms with van der Waals surface area (Å²) in [5.74, 6) is 0.986. The van der Waals surface area contributed by atoms with E-state index in [1.54, 1.807) is 11.3 Å². The second-order valence-corrected chi connectivity index (χ2v) is 11.5. The van der Waals surface area contributed by atoms with Crippen molar-refractivity contribution in [2.24, 2.45) is 23.2 Å². The van der Waals surface area contributed by atoms with Crippen LogP contribution in [0.4, 0.5) is 0 Å². The quantitative estimate of drug-likeness (QED) is 0.313. The van der Waals surface area contributed by atoms with Crippen molar-refractivity contribution < 1.29 is 14.7 Å². The summed E-state index contributed by atoms with van der Waals surface area (Å²) in [6.07, 6.45) is 9.28. The number of hydrogen-bond donors (Lipinski definition) is 2. The van der Waals surface area contributed by atoms with Crippen molar-refractivity contribution in [3.05, 3.63) is 45.8 Å². The number of rotatable bonds is 8. The summed E-state index contributed by atoms with van der Waals surface area (Å²) >= 11 is 5.12. The van der Waals surface area contributed by atoms with Gasteiger partial charge in [-0.2, -0.15) is 0 Å². The topological polar surface area (TPSA) is 66.4 Å². The number of carboxylic acids is 1. The number of unbranched alkanes of at least 4 members (excludes halogenated alkanes) is 1. The minimum atomic E-state index is -0.737. The number of halogens is 1. The Bertz CT molecular complexity index is 1010. The van der Waals surface area contributed by atoms with E-state index in [1.165, 1.54) is 6.42 Å². The molecule has 4 nitrogen and oxygen atoms in total. The molecule has 1 aromatic carbocycles. The Kier molecular flexibility index (Phi) is 6.59. The average Bonchev–Trinajstić information content (AvgIpc) is 3.13. The second kappa shape index (κ2) is 9.07. The monoisotopic (exact) mass is 503 g/mol. The van der Waals surface area contributed by atoms with Crippen LogP contribution in [0.5, 0.6) is 0 Å². The Morgan fingerprint density at radius 2 is 2.10 bits per heavy atom. The lowest BCUT2D eigenvalue weighted by Gasteiger charge is -2.62. The van der Waals surface area contributed by atoms with Crippen molar-refractivity contribution in [2.45, 2.75) is 58.4 Å². The molecule has 0 aliphatic heterocycles. The van der Waals surface area contributed by atoms with Crippen LogP contribution in [0.1, 0.15) is 62.7 Å². The SMILES string of the molecule is CC1(C)[C@@H]2C[C@@H](C/C=C\CCCC(=O)O)[C@@H](NC(=O)c3csc4cc(Br)ccc34)[C@H]1C2. The van der Waals surface area contributed by atoms with Gasteiger partial charge in [-0.25, -0.2) is 0 Å². The van der Waals surface area contributed by atoms with Gasteiger partial charge in [0.25, 0.3) is 5.91 Å². The minimum absolute atomic E-state index is 0.0372. The molecule has 31 heavy (non-hydrogen) atoms. The molecule has 3 fully saturated rings. The molecule has 1 amide bonds. The summed E-state index contributed by atoms with van der Waals surface area (Å²) in [5, 5.41) is 15.2. The summed E-state index contributed by atoms with van der Waals surface area (Å²) in [6, 6.07) is 6.26. The Hall–Kier alpha value is -1.66. The first-order valence-corrected chi connectivity index (χ1v) is 12.8. The second-order valence-electron chi connectivity index (χ2n) is 9.64. The number of carbonyl (C=O) groups excluding carboxylic acids is 1. The van der Waals surface area contributed by atoms with Gasteiger partial charge in [0.2, 0.25) is 0 Å². The highest BCUT2D eigenvalue weighted by Gasteiger charge is 2.57. The van der Waals surface area contributed by atoms with E-state index in [9.17, 15) is 9.59 Å². The molecule has 4 atom stereocenters. The van der Waals surface area contributed by atoms with Crippen LogP contribution < -0.4 is 5.32 Å². The molecule has 1 aromatic heterocycles. The molecule has 3 saturated carbocycles. The van der Waals surface area contributed by atoms with Gasteiger partial charge in [-0.3, -0.25) is 9.59 Å². The molecule has 0 saturated heterocycles. The number of benzene rings is 1. The van der Waals surface area contributed by atoms with Gasteiger partial charge in [-0.15, -0.1) is 11.3 Å². The normalized spacial score (nSPS) is 26.7. The molecule has 3 aliphatic rings. The summed E-state index contributed by atoms with van der Waals surface area (Å²) in [5.41, 5.74) is 1.05. The number of aliphatic carboxylic acids is 1. The van der Waals surface area contributed by atoms with Crippen LogP contribution in [-0.2, 0) is 4.79 Å². The zero-order valence-corrected chi connectivity index (χ0v) is 20.5. The first kappa shape index (κ1) is 22.5. The number of hydrogen-bond acceptors (Lipinski definition) is 3. The number of thiophene rings is 1. The molecule has 166 valence electrons. The number of carboxylic acid groups (broad SMARTS) is 1. The molecular formula is C25H30BrNO3S. The first-order valence-electron chi connectivity index (χ1n) is 11.1. The Balaban J connectivity index is 1.45. The molecule has 0 unspecified atom stereocenters. The Labute approximate surface area is 196 Å². The van der Waals surface area contributed by atoms with Crippen LogP contribution in [0, 0.1) is 23.2 Å². The molecule has 0 radical (unpaired) electrons. The van der Waals surface area contributed by atoms with Crippen molar-refractivity contribution in [3.63, 3.8) is 0 Å². The number of carbonyl (C=O) groups is 2. The molecule has 2 N–H and O–H groups in total. The number of fused-ring (bicyclic) bond motifs is 3. The zero-order chi connectivity index (χ0) is 22.2. The van der Waals surface area contributed by atoms with Crippen molar-refractivity contribution in [2.75, 3.05) is 0 Å². The van der Waals surface area contributed by atoms with Crippen LogP contribution in [0.2, 0.25) is 0 Å². The van der Waals surface area contributed by atoms with E-state index < -0.39 is 5.97 Å².